The molecule has 1 atom stereocenters. The zero-order valence-electron chi connectivity index (χ0n) is 11.2. The summed E-state index contributed by atoms with van der Waals surface area (Å²) >= 11 is 3.38. The van der Waals surface area contributed by atoms with E-state index >= 15 is 0 Å². The first-order valence-corrected chi connectivity index (χ1v) is 7.49. The normalized spacial score (nSPS) is 26.6. The molecule has 0 bridgehead atoms. The fourth-order valence-electron chi connectivity index (χ4n) is 2.84. The van der Waals surface area contributed by atoms with Gasteiger partial charge in [0.15, 0.2) is 0 Å². The minimum Gasteiger partial charge on any atom is -0.345 e. The van der Waals surface area contributed by atoms with Gasteiger partial charge in [0.2, 0.25) is 11.8 Å². The maximum atomic E-state index is 12.3. The predicted octanol–water partition coefficient (Wildman–Crippen LogP) is 1.47. The number of carbonyl (C=O) groups is 2. The smallest absolute Gasteiger partial charge is 0.246 e. The Hall–Kier alpha value is -1.43. The molecule has 6 heteroatoms. The van der Waals surface area contributed by atoms with Crippen LogP contribution in [0.2, 0.25) is 0 Å². The Labute approximate surface area is 125 Å². The van der Waals surface area contributed by atoms with Crippen molar-refractivity contribution >= 4 is 27.7 Å². The highest BCUT2D eigenvalue weighted by atomic mass is 79.9. The van der Waals surface area contributed by atoms with Crippen molar-refractivity contribution in [3.63, 3.8) is 0 Å². The van der Waals surface area contributed by atoms with Gasteiger partial charge in [-0.3, -0.25) is 14.6 Å². The van der Waals surface area contributed by atoms with Crippen molar-refractivity contribution in [1.29, 1.82) is 0 Å². The molecule has 1 saturated carbocycles. The van der Waals surface area contributed by atoms with E-state index in [1.807, 2.05) is 13.0 Å². The fourth-order valence-corrected chi connectivity index (χ4v) is 3.25. The molecule has 2 aliphatic rings. The Balaban J connectivity index is 1.91. The molecule has 0 radical (unpaired) electrons. The van der Waals surface area contributed by atoms with Crippen LogP contribution in [-0.2, 0) is 16.1 Å². The molecular formula is C14H16BrN3O2. The second-order valence-corrected chi connectivity index (χ2v) is 6.51. The molecule has 0 spiro atoms. The number of halogens is 1. The quantitative estimate of drug-likeness (QED) is 0.908. The Bertz CT molecular complexity index is 573. The number of piperazine rings is 1. The first-order valence-electron chi connectivity index (χ1n) is 6.70. The zero-order chi connectivity index (χ0) is 14.3. The molecule has 2 heterocycles. The minimum absolute atomic E-state index is 0.0287. The minimum atomic E-state index is -0.725. The lowest BCUT2D eigenvalue weighted by molar-refractivity contribution is -0.155. The molecule has 3 rings (SSSR count). The van der Waals surface area contributed by atoms with Crippen molar-refractivity contribution in [2.45, 2.75) is 31.8 Å². The fraction of sp³-hybridized carbons (Fsp3) is 0.500. The molecule has 2 fully saturated rings. The van der Waals surface area contributed by atoms with Crippen LogP contribution in [0, 0.1) is 5.92 Å². The summed E-state index contributed by atoms with van der Waals surface area (Å²) in [6.07, 6.45) is 5.45. The summed E-state index contributed by atoms with van der Waals surface area (Å²) in [5, 5.41) is 2.72. The van der Waals surface area contributed by atoms with E-state index in [2.05, 4.69) is 26.2 Å². The topological polar surface area (TPSA) is 62.3 Å². The molecule has 1 aliphatic heterocycles. The third-order valence-corrected chi connectivity index (χ3v) is 4.63. The van der Waals surface area contributed by atoms with Crippen LogP contribution >= 0.6 is 15.9 Å². The molecule has 1 aromatic heterocycles. The van der Waals surface area contributed by atoms with Gasteiger partial charge in [0, 0.05) is 23.4 Å². The number of hydrogen-bond donors (Lipinski definition) is 1. The molecule has 20 heavy (non-hydrogen) atoms. The van der Waals surface area contributed by atoms with Crippen molar-refractivity contribution in [3.8, 4) is 0 Å². The van der Waals surface area contributed by atoms with Gasteiger partial charge in [-0.15, -0.1) is 0 Å². The highest BCUT2D eigenvalue weighted by Crippen LogP contribution is 2.44. The van der Waals surface area contributed by atoms with Crippen molar-refractivity contribution in [2.24, 2.45) is 5.92 Å². The van der Waals surface area contributed by atoms with E-state index in [1.54, 1.807) is 17.3 Å². The third-order valence-electron chi connectivity index (χ3n) is 4.20. The van der Waals surface area contributed by atoms with Crippen molar-refractivity contribution in [2.75, 3.05) is 6.54 Å². The van der Waals surface area contributed by atoms with Gasteiger partial charge in [0.05, 0.1) is 6.54 Å². The third kappa shape index (κ3) is 2.22. The van der Waals surface area contributed by atoms with Crippen molar-refractivity contribution < 1.29 is 9.59 Å². The average molecular weight is 338 g/mol. The summed E-state index contributed by atoms with van der Waals surface area (Å²) in [5.41, 5.74) is 0.201. The van der Waals surface area contributed by atoms with Crippen LogP contribution in [0.25, 0.3) is 0 Å². The number of carbonyl (C=O) groups excluding carboxylic acids is 2. The number of nitrogens with zero attached hydrogens (tertiary/aromatic N) is 2. The van der Waals surface area contributed by atoms with Crippen LogP contribution in [0.5, 0.6) is 0 Å². The van der Waals surface area contributed by atoms with E-state index in [1.165, 1.54) is 0 Å². The molecule has 1 N–H and O–H groups in total. The van der Waals surface area contributed by atoms with E-state index in [0.29, 0.717) is 6.54 Å². The van der Waals surface area contributed by atoms with Gasteiger partial charge in [0.25, 0.3) is 0 Å². The van der Waals surface area contributed by atoms with E-state index in [-0.39, 0.29) is 24.3 Å². The van der Waals surface area contributed by atoms with Crippen molar-refractivity contribution in [3.05, 3.63) is 28.5 Å². The van der Waals surface area contributed by atoms with Gasteiger partial charge < -0.3 is 10.2 Å². The summed E-state index contributed by atoms with van der Waals surface area (Å²) in [5.74, 6) is 0.202. The van der Waals surface area contributed by atoms with Crippen molar-refractivity contribution in [1.82, 2.24) is 15.2 Å². The predicted molar refractivity (Wildman–Crippen MR) is 76.6 cm³/mol. The standard InChI is InChI=1S/C14H16BrN3O2/c1-14(10-2-3-10)13(20)17-7-12(19)18(14)8-9-4-11(15)6-16-5-9/h4-6,10H,2-3,7-8H2,1H3,(H,17,20). The molecule has 5 nitrogen and oxygen atoms in total. The number of pyridine rings is 1. The van der Waals surface area contributed by atoms with E-state index < -0.39 is 5.54 Å². The largest absolute Gasteiger partial charge is 0.345 e. The molecular weight excluding hydrogens is 322 g/mol. The summed E-state index contributed by atoms with van der Waals surface area (Å²) in [7, 11) is 0. The summed E-state index contributed by atoms with van der Waals surface area (Å²) < 4.78 is 0.872. The summed E-state index contributed by atoms with van der Waals surface area (Å²) in [6, 6.07) is 1.93. The lowest BCUT2D eigenvalue weighted by Crippen LogP contribution is -2.66. The van der Waals surface area contributed by atoms with Crippen LogP contribution in [0.3, 0.4) is 0 Å². The summed E-state index contributed by atoms with van der Waals surface area (Å²) in [6.45, 7) is 2.39. The van der Waals surface area contributed by atoms with E-state index in [4.69, 9.17) is 0 Å². The first-order chi connectivity index (χ1) is 9.51. The molecule has 0 aromatic carbocycles. The lowest BCUT2D eigenvalue weighted by Gasteiger charge is -2.44. The van der Waals surface area contributed by atoms with Crippen LogP contribution in [0.15, 0.2) is 22.9 Å². The van der Waals surface area contributed by atoms with Crippen LogP contribution in [-0.4, -0.2) is 33.8 Å². The number of hydrogen-bond acceptors (Lipinski definition) is 3. The van der Waals surface area contributed by atoms with E-state index in [0.717, 1.165) is 22.9 Å². The average Bonchev–Trinajstić information content (AvgIpc) is 3.24. The first kappa shape index (κ1) is 13.5. The van der Waals surface area contributed by atoms with Crippen LogP contribution in [0.4, 0.5) is 0 Å². The van der Waals surface area contributed by atoms with Crippen LogP contribution < -0.4 is 5.32 Å². The molecule has 2 amide bonds. The number of aromatic nitrogens is 1. The van der Waals surface area contributed by atoms with E-state index in [9.17, 15) is 9.59 Å². The maximum Gasteiger partial charge on any atom is 0.246 e. The Morgan fingerprint density at radius 2 is 2.20 bits per heavy atom. The molecule has 1 saturated heterocycles. The summed E-state index contributed by atoms with van der Waals surface area (Å²) in [4.78, 5) is 30.4. The second-order valence-electron chi connectivity index (χ2n) is 5.60. The van der Waals surface area contributed by atoms with Gasteiger partial charge in [-0.1, -0.05) is 0 Å². The Kier molecular flexibility index (Phi) is 3.28. The second kappa shape index (κ2) is 4.84. The number of nitrogens with one attached hydrogen (secondary N) is 1. The Morgan fingerprint density at radius 1 is 1.45 bits per heavy atom. The van der Waals surface area contributed by atoms with Gasteiger partial charge >= 0.3 is 0 Å². The van der Waals surface area contributed by atoms with Gasteiger partial charge in [-0.25, -0.2) is 0 Å². The van der Waals surface area contributed by atoms with Gasteiger partial charge in [-0.2, -0.15) is 0 Å². The maximum absolute atomic E-state index is 12.3. The zero-order valence-corrected chi connectivity index (χ0v) is 12.8. The highest BCUT2D eigenvalue weighted by molar-refractivity contribution is 9.10. The molecule has 1 unspecified atom stereocenters. The number of rotatable bonds is 3. The SMILES string of the molecule is CC1(C2CC2)C(=O)NCC(=O)N1Cc1cncc(Br)c1. The highest BCUT2D eigenvalue weighted by Gasteiger charge is 2.54. The lowest BCUT2D eigenvalue weighted by atomic mass is 9.89. The molecule has 1 aromatic rings. The Morgan fingerprint density at radius 3 is 2.85 bits per heavy atom. The van der Waals surface area contributed by atoms with Crippen LogP contribution in [0.1, 0.15) is 25.3 Å². The van der Waals surface area contributed by atoms with Gasteiger partial charge in [-0.05, 0) is 53.2 Å². The molecule has 106 valence electrons. The van der Waals surface area contributed by atoms with Gasteiger partial charge in [0.1, 0.15) is 5.54 Å². The number of amides is 2. The molecule has 1 aliphatic carbocycles. The monoisotopic (exact) mass is 337 g/mol.